The molecule has 0 spiro atoms. The molecule has 0 saturated heterocycles. The Labute approximate surface area is 102 Å². The molecule has 1 heterocycles. The minimum Gasteiger partial charge on any atom is -0.383 e. The van der Waals surface area contributed by atoms with Crippen molar-refractivity contribution in [1.82, 2.24) is 0 Å². The Morgan fingerprint density at radius 2 is 2.06 bits per heavy atom. The minimum atomic E-state index is 0.713. The number of nitrogens with one attached hydrogen (secondary N) is 2. The highest BCUT2D eigenvalue weighted by molar-refractivity contribution is 5.89. The highest BCUT2D eigenvalue weighted by atomic mass is 16.5. The summed E-state index contributed by atoms with van der Waals surface area (Å²) in [6.45, 7) is 5.72. The zero-order valence-corrected chi connectivity index (χ0v) is 10.6. The summed E-state index contributed by atoms with van der Waals surface area (Å²) in [6.07, 6.45) is 0. The van der Waals surface area contributed by atoms with E-state index in [1.54, 1.807) is 7.11 Å². The molecule has 0 bridgehead atoms. The van der Waals surface area contributed by atoms with Crippen LogP contribution < -0.4 is 10.3 Å². The molecule has 0 aliphatic rings. The number of fused-ring (bicyclic) bond motifs is 1. The number of methoxy groups -OCH3 is 1. The fourth-order valence-corrected chi connectivity index (χ4v) is 1.97. The molecule has 0 amide bonds. The Morgan fingerprint density at radius 3 is 2.82 bits per heavy atom. The number of aromatic amines is 1. The molecule has 1 aromatic carbocycles. The standard InChI is InChI=1S/C14H18N2O/c1-10-4-5-13-12(8-10)14(9-11(2)16-13)15-6-7-17-3/h4-5,8-9H,6-7H2,1-3H3,(H,15,16)/p+1. The van der Waals surface area contributed by atoms with Gasteiger partial charge in [-0.05, 0) is 18.6 Å². The second-order valence-corrected chi connectivity index (χ2v) is 4.33. The molecule has 0 saturated carbocycles. The van der Waals surface area contributed by atoms with Crippen molar-refractivity contribution in [3.8, 4) is 0 Å². The van der Waals surface area contributed by atoms with Crippen molar-refractivity contribution in [1.29, 1.82) is 0 Å². The zero-order valence-electron chi connectivity index (χ0n) is 10.6. The molecule has 0 aliphatic heterocycles. The van der Waals surface area contributed by atoms with Gasteiger partial charge in [-0.15, -0.1) is 0 Å². The maximum Gasteiger partial charge on any atom is 0.213 e. The van der Waals surface area contributed by atoms with Gasteiger partial charge < -0.3 is 10.1 Å². The van der Waals surface area contributed by atoms with E-state index in [1.807, 2.05) is 0 Å². The van der Waals surface area contributed by atoms with Gasteiger partial charge in [0.15, 0.2) is 5.69 Å². The summed E-state index contributed by atoms with van der Waals surface area (Å²) in [7, 11) is 1.72. The molecule has 1 aromatic heterocycles. The van der Waals surface area contributed by atoms with E-state index in [0.717, 1.165) is 23.4 Å². The number of aromatic nitrogens is 1. The lowest BCUT2D eigenvalue weighted by atomic mass is 10.1. The number of H-pyrrole nitrogens is 1. The van der Waals surface area contributed by atoms with E-state index in [9.17, 15) is 0 Å². The summed E-state index contributed by atoms with van der Waals surface area (Å²) in [5.41, 5.74) is 4.75. The van der Waals surface area contributed by atoms with Crippen molar-refractivity contribution >= 4 is 16.6 Å². The first-order valence-corrected chi connectivity index (χ1v) is 5.87. The third-order valence-electron chi connectivity index (χ3n) is 2.78. The number of hydrogen-bond donors (Lipinski definition) is 1. The van der Waals surface area contributed by atoms with Gasteiger partial charge in [0.1, 0.15) is 0 Å². The Bertz CT molecular complexity index is 523. The highest BCUT2D eigenvalue weighted by Crippen LogP contribution is 2.21. The van der Waals surface area contributed by atoms with E-state index in [1.165, 1.54) is 10.9 Å². The monoisotopic (exact) mass is 231 g/mol. The number of ether oxygens (including phenoxy) is 1. The van der Waals surface area contributed by atoms with Crippen LogP contribution in [-0.4, -0.2) is 20.3 Å². The number of rotatable bonds is 4. The summed E-state index contributed by atoms with van der Waals surface area (Å²) >= 11 is 0. The van der Waals surface area contributed by atoms with Crippen LogP contribution in [0.4, 0.5) is 5.69 Å². The van der Waals surface area contributed by atoms with Crippen molar-refractivity contribution < 1.29 is 9.72 Å². The number of hydrogen-bond acceptors (Lipinski definition) is 2. The van der Waals surface area contributed by atoms with Gasteiger partial charge in [0.05, 0.1) is 17.7 Å². The lowest BCUT2D eigenvalue weighted by Crippen LogP contribution is -2.13. The molecule has 0 radical (unpaired) electrons. The lowest BCUT2D eigenvalue weighted by Gasteiger charge is -2.08. The van der Waals surface area contributed by atoms with E-state index in [-0.39, 0.29) is 0 Å². The maximum absolute atomic E-state index is 5.06. The van der Waals surface area contributed by atoms with Gasteiger partial charge in [0.2, 0.25) is 5.52 Å². The Kier molecular flexibility index (Phi) is 3.59. The maximum atomic E-state index is 5.06. The first kappa shape index (κ1) is 11.9. The van der Waals surface area contributed by atoms with Gasteiger partial charge in [-0.1, -0.05) is 6.07 Å². The smallest absolute Gasteiger partial charge is 0.213 e. The van der Waals surface area contributed by atoms with Crippen molar-refractivity contribution in [2.45, 2.75) is 13.8 Å². The van der Waals surface area contributed by atoms with Crippen LogP contribution in [0.25, 0.3) is 10.9 Å². The predicted molar refractivity (Wildman–Crippen MR) is 70.3 cm³/mol. The van der Waals surface area contributed by atoms with Crippen LogP contribution in [0.2, 0.25) is 0 Å². The van der Waals surface area contributed by atoms with Gasteiger partial charge in [0.25, 0.3) is 0 Å². The molecule has 2 N–H and O–H groups in total. The first-order valence-electron chi connectivity index (χ1n) is 5.87. The normalized spacial score (nSPS) is 10.8. The van der Waals surface area contributed by atoms with Crippen LogP contribution in [0.15, 0.2) is 24.3 Å². The van der Waals surface area contributed by atoms with Gasteiger partial charge in [-0.3, -0.25) is 0 Å². The molecular formula is C14H19N2O+. The fraction of sp³-hybridized carbons (Fsp3) is 0.357. The third-order valence-corrected chi connectivity index (χ3v) is 2.78. The number of anilines is 1. The highest BCUT2D eigenvalue weighted by Gasteiger charge is 2.08. The SMILES string of the molecule is COCCNc1cc(C)[nH+]c2ccc(C)cc12. The molecule has 0 atom stereocenters. The molecule has 0 fully saturated rings. The van der Waals surface area contributed by atoms with Crippen LogP contribution in [0.5, 0.6) is 0 Å². The van der Waals surface area contributed by atoms with Crippen molar-refractivity contribution in [3.63, 3.8) is 0 Å². The second kappa shape index (κ2) is 5.15. The lowest BCUT2D eigenvalue weighted by molar-refractivity contribution is -0.354. The zero-order chi connectivity index (χ0) is 12.3. The number of benzene rings is 1. The molecule has 2 rings (SSSR count). The molecular weight excluding hydrogens is 212 g/mol. The predicted octanol–water partition coefficient (Wildman–Crippen LogP) is 2.33. The Morgan fingerprint density at radius 1 is 1.24 bits per heavy atom. The first-order chi connectivity index (χ1) is 8.20. The van der Waals surface area contributed by atoms with E-state index >= 15 is 0 Å². The fourth-order valence-electron chi connectivity index (χ4n) is 1.97. The van der Waals surface area contributed by atoms with E-state index in [2.05, 4.69) is 48.4 Å². The summed E-state index contributed by atoms with van der Waals surface area (Å²) in [4.78, 5) is 3.38. The third kappa shape index (κ3) is 2.74. The van der Waals surface area contributed by atoms with Gasteiger partial charge in [-0.25, -0.2) is 4.98 Å². The van der Waals surface area contributed by atoms with Crippen LogP contribution in [0.1, 0.15) is 11.3 Å². The van der Waals surface area contributed by atoms with Crippen molar-refractivity contribution in [3.05, 3.63) is 35.5 Å². The van der Waals surface area contributed by atoms with E-state index < -0.39 is 0 Å². The van der Waals surface area contributed by atoms with Gasteiger partial charge in [0, 0.05) is 32.7 Å². The molecule has 0 aliphatic carbocycles. The topological polar surface area (TPSA) is 35.4 Å². The molecule has 0 unspecified atom stereocenters. The molecule has 17 heavy (non-hydrogen) atoms. The molecule has 3 heteroatoms. The molecule has 90 valence electrons. The number of aryl methyl sites for hydroxylation is 2. The average Bonchev–Trinajstić information content (AvgIpc) is 2.30. The summed E-state index contributed by atoms with van der Waals surface area (Å²) in [5, 5.41) is 4.64. The number of pyridine rings is 1. The molecule has 3 nitrogen and oxygen atoms in total. The van der Waals surface area contributed by atoms with Crippen molar-refractivity contribution in [2.75, 3.05) is 25.6 Å². The summed E-state index contributed by atoms with van der Waals surface area (Å²) in [6, 6.07) is 8.58. The second-order valence-electron chi connectivity index (χ2n) is 4.33. The van der Waals surface area contributed by atoms with Crippen LogP contribution in [0.3, 0.4) is 0 Å². The van der Waals surface area contributed by atoms with Crippen LogP contribution in [0, 0.1) is 13.8 Å². The molecule has 2 aromatic rings. The van der Waals surface area contributed by atoms with Crippen LogP contribution in [-0.2, 0) is 4.74 Å². The van der Waals surface area contributed by atoms with Gasteiger partial charge in [-0.2, -0.15) is 0 Å². The van der Waals surface area contributed by atoms with E-state index in [4.69, 9.17) is 4.74 Å². The van der Waals surface area contributed by atoms with Crippen molar-refractivity contribution in [2.24, 2.45) is 0 Å². The largest absolute Gasteiger partial charge is 0.383 e. The summed E-state index contributed by atoms with van der Waals surface area (Å²) < 4.78 is 5.06. The van der Waals surface area contributed by atoms with Gasteiger partial charge >= 0.3 is 0 Å². The van der Waals surface area contributed by atoms with Crippen LogP contribution >= 0.6 is 0 Å². The minimum absolute atomic E-state index is 0.713. The Hall–Kier alpha value is -1.61. The quantitative estimate of drug-likeness (QED) is 0.820. The van der Waals surface area contributed by atoms with E-state index in [0.29, 0.717) is 6.61 Å². The Balaban J connectivity index is 2.40. The average molecular weight is 231 g/mol. The summed E-state index contributed by atoms with van der Waals surface area (Å²) in [5.74, 6) is 0.